The summed E-state index contributed by atoms with van der Waals surface area (Å²) < 4.78 is 4.88. The van der Waals surface area contributed by atoms with E-state index >= 15 is 0 Å². The third-order valence-corrected chi connectivity index (χ3v) is 3.84. The highest BCUT2D eigenvalue weighted by Crippen LogP contribution is 2.14. The topological polar surface area (TPSA) is 26.3 Å². The molecule has 0 aliphatic rings. The highest BCUT2D eigenvalue weighted by molar-refractivity contribution is 5.85. The van der Waals surface area contributed by atoms with Crippen LogP contribution < -0.4 is 0 Å². The summed E-state index contributed by atoms with van der Waals surface area (Å²) in [5.74, 6) is 0. The van der Waals surface area contributed by atoms with Gasteiger partial charge >= 0.3 is 0 Å². The summed E-state index contributed by atoms with van der Waals surface area (Å²) in [5, 5.41) is 0. The van der Waals surface area contributed by atoms with E-state index in [2.05, 4.69) is 32.0 Å². The van der Waals surface area contributed by atoms with Crippen LogP contribution in [-0.4, -0.2) is 13.4 Å². The molecule has 0 fully saturated rings. The Balaban J connectivity index is 0.000000425. The van der Waals surface area contributed by atoms with Crippen LogP contribution in [0.1, 0.15) is 33.4 Å². The van der Waals surface area contributed by atoms with Crippen LogP contribution in [0.4, 0.5) is 0 Å². The minimum Gasteiger partial charge on any atom is -0.504 e. The van der Waals surface area contributed by atoms with Gasteiger partial charge in [-0.15, -0.1) is 12.4 Å². The zero-order valence-electron chi connectivity index (χ0n) is 15.1. The summed E-state index contributed by atoms with van der Waals surface area (Å²) in [6.07, 6.45) is 5.19. The molecule has 0 saturated carbocycles. The first-order valence-electron chi connectivity index (χ1n) is 7.75. The minimum atomic E-state index is 0. The highest BCUT2D eigenvalue weighted by atomic mass is 35.5. The molecule has 2 aromatic carbocycles. The summed E-state index contributed by atoms with van der Waals surface area (Å²) in [6.45, 7) is 8.27. The van der Waals surface area contributed by atoms with E-state index in [1.54, 1.807) is 13.4 Å². The highest BCUT2D eigenvalue weighted by Gasteiger charge is 1.99. The van der Waals surface area contributed by atoms with E-state index in [1.807, 2.05) is 38.1 Å². The summed E-state index contributed by atoms with van der Waals surface area (Å²) in [6, 6.07) is 12.3. The number of carbonyl (C=O) groups excluding carboxylic acids is 1. The molecule has 0 aromatic heterocycles. The molecular weight excluding hydrogens is 320 g/mol. The molecule has 24 heavy (non-hydrogen) atoms. The van der Waals surface area contributed by atoms with Gasteiger partial charge in [-0.05, 0) is 67.2 Å². The smallest absolute Gasteiger partial charge is 0.124 e. The number of aryl methyl sites for hydroxylation is 4. The molecule has 0 radical (unpaired) electrons. The number of carbonyl (C=O) groups is 1. The van der Waals surface area contributed by atoms with Crippen molar-refractivity contribution in [3.05, 3.63) is 76.0 Å². The largest absolute Gasteiger partial charge is 0.504 e. The van der Waals surface area contributed by atoms with Gasteiger partial charge in [0.1, 0.15) is 6.29 Å². The molecule has 0 amide bonds. The van der Waals surface area contributed by atoms with Crippen LogP contribution >= 0.6 is 12.4 Å². The monoisotopic (exact) mass is 346 g/mol. The summed E-state index contributed by atoms with van der Waals surface area (Å²) in [7, 11) is 1.66. The molecule has 0 aliphatic carbocycles. The Hall–Kier alpha value is -2.06. The maximum Gasteiger partial charge on any atom is 0.124 e. The van der Waals surface area contributed by atoms with Gasteiger partial charge in [-0.1, -0.05) is 36.4 Å². The first-order valence-corrected chi connectivity index (χ1v) is 7.75. The molecular formula is C21H27ClO2. The first kappa shape index (κ1) is 21.9. The van der Waals surface area contributed by atoms with Crippen LogP contribution in [0.15, 0.2) is 42.7 Å². The van der Waals surface area contributed by atoms with E-state index in [4.69, 9.17) is 4.74 Å². The van der Waals surface area contributed by atoms with Crippen LogP contribution in [0.25, 0.3) is 6.08 Å². The van der Waals surface area contributed by atoms with E-state index < -0.39 is 0 Å². The van der Waals surface area contributed by atoms with Crippen LogP contribution in [0, 0.1) is 27.7 Å². The van der Waals surface area contributed by atoms with Crippen molar-refractivity contribution in [3.63, 3.8) is 0 Å². The second kappa shape index (κ2) is 11.5. The van der Waals surface area contributed by atoms with E-state index in [0.717, 1.165) is 6.29 Å². The van der Waals surface area contributed by atoms with Crippen molar-refractivity contribution in [2.75, 3.05) is 7.11 Å². The molecule has 0 spiro atoms. The number of hydrogen-bond donors (Lipinski definition) is 0. The summed E-state index contributed by atoms with van der Waals surface area (Å²) in [4.78, 5) is 10.3. The van der Waals surface area contributed by atoms with Crippen molar-refractivity contribution >= 4 is 24.8 Å². The lowest BCUT2D eigenvalue weighted by Crippen LogP contribution is -1.93. The molecule has 0 aliphatic heterocycles. The Bertz CT molecular complexity index is 635. The van der Waals surface area contributed by atoms with Gasteiger partial charge < -0.3 is 9.53 Å². The summed E-state index contributed by atoms with van der Waals surface area (Å²) >= 11 is 0. The number of rotatable bonds is 4. The standard InChI is InChI=1S/C11H14O.C10H12O.ClH/c1-9-5-4-6-10(2)11(9)7-8-12-3;1-8-4-3-5-9(2)10(8)6-7-11;/h4-8H,1-3H3;3-5,7H,6H2,1-2H3;1H/b8-7+;;. The predicted molar refractivity (Wildman–Crippen MR) is 105 cm³/mol. The quantitative estimate of drug-likeness (QED) is 0.548. The second-order valence-electron chi connectivity index (χ2n) is 5.59. The first-order chi connectivity index (χ1) is 11.0. The molecule has 2 aromatic rings. The lowest BCUT2D eigenvalue weighted by Gasteiger charge is -2.04. The van der Waals surface area contributed by atoms with Crippen molar-refractivity contribution in [2.24, 2.45) is 0 Å². The van der Waals surface area contributed by atoms with Gasteiger partial charge in [0.2, 0.25) is 0 Å². The Morgan fingerprint density at radius 3 is 1.75 bits per heavy atom. The van der Waals surface area contributed by atoms with Gasteiger partial charge in [0.05, 0.1) is 13.4 Å². The molecule has 0 unspecified atom stereocenters. The Labute approximate surface area is 152 Å². The zero-order valence-corrected chi connectivity index (χ0v) is 15.9. The molecule has 0 bridgehead atoms. The molecule has 2 rings (SSSR count). The SMILES string of the molecule is CO/C=C/c1c(C)cccc1C.Cc1cccc(C)c1CC=O.Cl. The van der Waals surface area contributed by atoms with Crippen LogP contribution in [0.5, 0.6) is 0 Å². The van der Waals surface area contributed by atoms with E-state index in [-0.39, 0.29) is 12.4 Å². The van der Waals surface area contributed by atoms with Crippen LogP contribution in [0.3, 0.4) is 0 Å². The van der Waals surface area contributed by atoms with Crippen LogP contribution in [0.2, 0.25) is 0 Å². The molecule has 0 N–H and O–H groups in total. The molecule has 0 atom stereocenters. The van der Waals surface area contributed by atoms with Crippen molar-refractivity contribution in [1.29, 1.82) is 0 Å². The maximum absolute atomic E-state index is 10.3. The number of benzene rings is 2. The number of aldehydes is 1. The average Bonchev–Trinajstić information content (AvgIpc) is 2.51. The molecule has 0 saturated heterocycles. The van der Waals surface area contributed by atoms with Gasteiger partial charge in [0.25, 0.3) is 0 Å². The van der Waals surface area contributed by atoms with Crippen molar-refractivity contribution in [2.45, 2.75) is 34.1 Å². The second-order valence-corrected chi connectivity index (χ2v) is 5.59. The Kier molecular flexibility index (Phi) is 10.5. The molecule has 2 nitrogen and oxygen atoms in total. The normalized spacial score (nSPS) is 9.71. The number of methoxy groups -OCH3 is 1. The maximum atomic E-state index is 10.3. The van der Waals surface area contributed by atoms with Crippen molar-refractivity contribution in [1.82, 2.24) is 0 Å². The van der Waals surface area contributed by atoms with Gasteiger partial charge in [0.15, 0.2) is 0 Å². The number of ether oxygens (including phenoxy) is 1. The number of halogens is 1. The molecule has 130 valence electrons. The van der Waals surface area contributed by atoms with Crippen molar-refractivity contribution < 1.29 is 9.53 Å². The minimum absolute atomic E-state index is 0. The van der Waals surface area contributed by atoms with Gasteiger partial charge in [-0.25, -0.2) is 0 Å². The zero-order chi connectivity index (χ0) is 17.2. The lowest BCUT2D eigenvalue weighted by molar-refractivity contribution is -0.107. The fourth-order valence-electron chi connectivity index (χ4n) is 2.48. The predicted octanol–water partition coefficient (Wildman–Crippen LogP) is 5.39. The molecule has 3 heteroatoms. The fraction of sp³-hybridized carbons (Fsp3) is 0.286. The average molecular weight is 347 g/mol. The summed E-state index contributed by atoms with van der Waals surface area (Å²) in [5.41, 5.74) is 7.39. The van der Waals surface area contributed by atoms with E-state index in [1.165, 1.54) is 33.4 Å². The Morgan fingerprint density at radius 2 is 1.33 bits per heavy atom. The van der Waals surface area contributed by atoms with Gasteiger partial charge in [-0.2, -0.15) is 0 Å². The van der Waals surface area contributed by atoms with Crippen LogP contribution in [-0.2, 0) is 16.0 Å². The van der Waals surface area contributed by atoms with E-state index in [9.17, 15) is 4.79 Å². The van der Waals surface area contributed by atoms with Crippen molar-refractivity contribution in [3.8, 4) is 0 Å². The van der Waals surface area contributed by atoms with Gasteiger partial charge in [0, 0.05) is 6.42 Å². The number of hydrogen-bond acceptors (Lipinski definition) is 2. The third kappa shape index (κ3) is 6.59. The molecule has 0 heterocycles. The Morgan fingerprint density at radius 1 is 0.875 bits per heavy atom. The lowest BCUT2D eigenvalue weighted by atomic mass is 10.0. The fourth-order valence-corrected chi connectivity index (χ4v) is 2.48. The third-order valence-electron chi connectivity index (χ3n) is 3.84. The van der Waals surface area contributed by atoms with E-state index in [0.29, 0.717) is 6.42 Å². The van der Waals surface area contributed by atoms with Gasteiger partial charge in [-0.3, -0.25) is 0 Å².